The first kappa shape index (κ1) is 33.6. The Morgan fingerprint density at radius 2 is 1.77 bits per heavy atom. The zero-order valence-corrected chi connectivity index (χ0v) is 28.0. The maximum absolute atomic E-state index is 15.2. The molecule has 1 atom stereocenters. The summed E-state index contributed by atoms with van der Waals surface area (Å²) < 4.78 is 44.9. The second kappa shape index (κ2) is 14.2. The Balaban J connectivity index is 1.71. The number of hydrogen-bond acceptors (Lipinski definition) is 7. The lowest BCUT2D eigenvalue weighted by molar-refractivity contribution is 0.0733. The van der Waals surface area contributed by atoms with Gasteiger partial charge in [0.05, 0.1) is 31.6 Å². The van der Waals surface area contributed by atoms with E-state index in [2.05, 4.69) is 37.6 Å². The molecular weight excluding hydrogens is 578 g/mol. The van der Waals surface area contributed by atoms with Gasteiger partial charge in [-0.3, -0.25) is 9.46 Å². The van der Waals surface area contributed by atoms with Crippen LogP contribution >= 0.6 is 7.37 Å². The molecule has 2 aromatic carbocycles. The summed E-state index contributed by atoms with van der Waals surface area (Å²) >= 11 is 0. The Labute approximate surface area is 260 Å². The number of esters is 1. The fourth-order valence-corrected chi connectivity index (χ4v) is 7.15. The second-order valence-corrected chi connectivity index (χ2v) is 14.6. The molecule has 7 nitrogen and oxygen atoms in total. The highest BCUT2D eigenvalue weighted by molar-refractivity contribution is 7.58. The average molecular weight is 623 g/mol. The van der Waals surface area contributed by atoms with Crippen molar-refractivity contribution in [2.45, 2.75) is 73.0 Å². The van der Waals surface area contributed by atoms with Gasteiger partial charge in [0.2, 0.25) is 13.2 Å². The van der Waals surface area contributed by atoms with Crippen molar-refractivity contribution in [3.05, 3.63) is 82.3 Å². The van der Waals surface area contributed by atoms with Gasteiger partial charge in [-0.2, -0.15) is 0 Å². The van der Waals surface area contributed by atoms with Crippen LogP contribution in [0.25, 0.3) is 16.7 Å². The van der Waals surface area contributed by atoms with E-state index in [1.54, 1.807) is 18.8 Å². The summed E-state index contributed by atoms with van der Waals surface area (Å²) in [6.07, 6.45) is 3.43. The number of ether oxygens (including phenoxy) is 2. The Hall–Kier alpha value is -3.32. The zero-order valence-electron chi connectivity index (χ0n) is 27.1. The Morgan fingerprint density at radius 3 is 2.39 bits per heavy atom. The first-order valence-electron chi connectivity index (χ1n) is 15.2. The van der Waals surface area contributed by atoms with Crippen LogP contribution in [0.5, 0.6) is 11.6 Å². The van der Waals surface area contributed by atoms with Gasteiger partial charge in [0.1, 0.15) is 11.6 Å². The number of pyridine rings is 1. The van der Waals surface area contributed by atoms with E-state index < -0.39 is 19.2 Å². The minimum atomic E-state index is -2.80. The Bertz CT molecular complexity index is 1590. The molecule has 1 saturated carbocycles. The van der Waals surface area contributed by atoms with E-state index in [0.717, 1.165) is 35.7 Å². The topological polar surface area (TPSA) is 78.0 Å². The lowest BCUT2D eigenvalue weighted by Gasteiger charge is -2.31. The van der Waals surface area contributed by atoms with Crippen molar-refractivity contribution < 1.29 is 27.7 Å². The molecule has 0 spiro atoms. The van der Waals surface area contributed by atoms with E-state index in [1.807, 2.05) is 44.2 Å². The van der Waals surface area contributed by atoms with E-state index in [0.29, 0.717) is 53.2 Å². The fourth-order valence-electron chi connectivity index (χ4n) is 5.54. The first-order chi connectivity index (χ1) is 20.8. The van der Waals surface area contributed by atoms with Crippen LogP contribution in [0.3, 0.4) is 0 Å². The summed E-state index contributed by atoms with van der Waals surface area (Å²) in [6.45, 7) is 14.7. The Kier molecular flexibility index (Phi) is 10.8. The van der Waals surface area contributed by atoms with Gasteiger partial charge in [0, 0.05) is 36.9 Å². The van der Waals surface area contributed by atoms with Crippen LogP contribution in [0.15, 0.2) is 54.2 Å². The van der Waals surface area contributed by atoms with Crippen molar-refractivity contribution in [2.75, 3.05) is 26.5 Å². The number of nitrogens with zero attached hydrogens (tertiary/aromatic N) is 2. The van der Waals surface area contributed by atoms with E-state index in [-0.39, 0.29) is 12.1 Å². The van der Waals surface area contributed by atoms with Gasteiger partial charge in [-0.25, -0.2) is 14.2 Å². The minimum Gasteiger partial charge on any atom is -0.481 e. The van der Waals surface area contributed by atoms with Gasteiger partial charge in [0.25, 0.3) is 0 Å². The van der Waals surface area contributed by atoms with Crippen molar-refractivity contribution in [3.8, 4) is 22.8 Å². The lowest BCUT2D eigenvalue weighted by Crippen LogP contribution is -2.36. The number of carbonyl (C=O) groups is 1. The van der Waals surface area contributed by atoms with Crippen LogP contribution in [-0.4, -0.2) is 54.5 Å². The van der Waals surface area contributed by atoms with E-state index in [4.69, 9.17) is 14.0 Å². The molecule has 236 valence electrons. The maximum atomic E-state index is 15.2. The van der Waals surface area contributed by atoms with Gasteiger partial charge in [-0.1, -0.05) is 23.8 Å². The standard InChI is InChI=1S/C35H44FN2O5P/c1-9-42-44(8,40)21-32(25-13-14-25)26-11-10-12-28(16-26)43-35(39)29-17-27(20-38(22(2)3)23(4)5)30(15-24(29)6)31-18-34(41-7)37-19-33(31)36/h10-12,15-19,22-23H,9,13-14,20-21H2,1-8H3/t44-/m1/s1. The summed E-state index contributed by atoms with van der Waals surface area (Å²) in [7, 11) is -1.31. The normalized spacial score (nSPS) is 14.2. The van der Waals surface area contributed by atoms with Gasteiger partial charge in [0.15, 0.2) is 0 Å². The van der Waals surface area contributed by atoms with Gasteiger partial charge in [-0.05, 0) is 100 Å². The molecule has 4 rings (SSSR count). The summed E-state index contributed by atoms with van der Waals surface area (Å²) in [5.41, 5.74) is 6.02. The number of benzene rings is 2. The largest absolute Gasteiger partial charge is 0.481 e. The van der Waals surface area contributed by atoms with Crippen molar-refractivity contribution in [2.24, 2.45) is 0 Å². The molecule has 1 aromatic heterocycles. The molecule has 0 bridgehead atoms. The van der Waals surface area contributed by atoms with E-state index in [1.165, 1.54) is 12.7 Å². The van der Waals surface area contributed by atoms with Crippen molar-refractivity contribution in [1.82, 2.24) is 9.88 Å². The van der Waals surface area contributed by atoms with Gasteiger partial charge < -0.3 is 14.0 Å². The van der Waals surface area contributed by atoms with Crippen LogP contribution in [0.2, 0.25) is 0 Å². The number of carbonyl (C=O) groups excluding carboxylic acids is 1. The minimum absolute atomic E-state index is 0.218. The number of rotatable bonds is 13. The predicted octanol–water partition coefficient (Wildman–Crippen LogP) is 8.53. The molecule has 0 amide bonds. The highest BCUT2D eigenvalue weighted by Crippen LogP contribution is 2.50. The highest BCUT2D eigenvalue weighted by atomic mass is 31.2. The lowest BCUT2D eigenvalue weighted by atomic mass is 9.93. The third-order valence-electron chi connectivity index (χ3n) is 7.85. The van der Waals surface area contributed by atoms with Crippen molar-refractivity contribution in [3.63, 3.8) is 0 Å². The van der Waals surface area contributed by atoms with Crippen LogP contribution in [-0.2, 0) is 15.6 Å². The SMILES string of the molecule is CCO[P@@](C)(=O)CC(=C1CC1)c1cccc(OC(=O)c2cc(CN(C(C)C)C(C)C)c(-c3cc(OC)ncc3F)cc2C)c1. The van der Waals surface area contributed by atoms with Crippen LogP contribution < -0.4 is 9.47 Å². The van der Waals surface area contributed by atoms with E-state index >= 15 is 4.39 Å². The zero-order chi connectivity index (χ0) is 32.2. The second-order valence-electron chi connectivity index (χ2n) is 12.0. The van der Waals surface area contributed by atoms with Crippen LogP contribution in [0.4, 0.5) is 4.39 Å². The van der Waals surface area contributed by atoms with Gasteiger partial charge >= 0.3 is 5.97 Å². The molecule has 0 N–H and O–H groups in total. The predicted molar refractivity (Wildman–Crippen MR) is 174 cm³/mol. The Morgan fingerprint density at radius 1 is 1.07 bits per heavy atom. The summed E-state index contributed by atoms with van der Waals surface area (Å²) in [4.78, 5) is 20.0. The fraction of sp³-hybridized carbons (Fsp3) is 0.429. The highest BCUT2D eigenvalue weighted by Gasteiger charge is 2.27. The third kappa shape index (κ3) is 8.23. The van der Waals surface area contributed by atoms with Crippen molar-refractivity contribution in [1.29, 1.82) is 0 Å². The summed E-state index contributed by atoms with van der Waals surface area (Å²) in [6, 6.07) is 13.0. The average Bonchev–Trinajstić information content (AvgIpc) is 3.80. The molecule has 1 aliphatic rings. The molecule has 1 heterocycles. The van der Waals surface area contributed by atoms with Crippen LogP contribution in [0, 0.1) is 12.7 Å². The molecule has 1 fully saturated rings. The number of aromatic nitrogens is 1. The van der Waals surface area contributed by atoms with Crippen molar-refractivity contribution >= 4 is 18.9 Å². The molecule has 9 heteroatoms. The molecule has 44 heavy (non-hydrogen) atoms. The van der Waals surface area contributed by atoms with E-state index in [9.17, 15) is 9.36 Å². The number of hydrogen-bond donors (Lipinski definition) is 0. The molecule has 3 aromatic rings. The molecule has 1 aliphatic carbocycles. The molecule has 0 radical (unpaired) electrons. The number of aryl methyl sites for hydroxylation is 1. The molecule has 0 unspecified atom stereocenters. The monoisotopic (exact) mass is 622 g/mol. The number of allylic oxidation sites excluding steroid dienone is 2. The smallest absolute Gasteiger partial charge is 0.343 e. The summed E-state index contributed by atoms with van der Waals surface area (Å²) in [5.74, 6) is -0.272. The number of halogens is 1. The number of methoxy groups -OCH3 is 1. The summed E-state index contributed by atoms with van der Waals surface area (Å²) in [5, 5.41) is 0. The molecule has 0 saturated heterocycles. The first-order valence-corrected chi connectivity index (χ1v) is 17.4. The maximum Gasteiger partial charge on any atom is 0.343 e. The third-order valence-corrected chi connectivity index (χ3v) is 9.54. The van der Waals surface area contributed by atoms with Gasteiger partial charge in [-0.15, -0.1) is 0 Å². The van der Waals surface area contributed by atoms with Crippen LogP contribution in [0.1, 0.15) is 74.5 Å². The molecule has 0 aliphatic heterocycles. The molecular formula is C35H44FN2O5P. The quantitative estimate of drug-likeness (QED) is 0.107.